The average molecular weight is 454 g/mol. The highest BCUT2D eigenvalue weighted by molar-refractivity contribution is 7.89. The fourth-order valence-electron chi connectivity index (χ4n) is 4.06. The predicted molar refractivity (Wildman–Crippen MR) is 121 cm³/mol. The molecular weight excluding hydrogens is 426 g/mol. The molecule has 1 saturated heterocycles. The van der Waals surface area contributed by atoms with Gasteiger partial charge in [-0.05, 0) is 49.6 Å². The number of nitrogens with one attached hydrogen (secondary N) is 1. The van der Waals surface area contributed by atoms with Crippen molar-refractivity contribution in [2.45, 2.75) is 37.2 Å². The number of imidazole rings is 1. The van der Waals surface area contributed by atoms with Crippen LogP contribution in [0.5, 0.6) is 0 Å². The zero-order valence-corrected chi connectivity index (χ0v) is 18.9. The fourth-order valence-corrected chi connectivity index (χ4v) is 5.39. The van der Waals surface area contributed by atoms with E-state index in [9.17, 15) is 13.2 Å². The number of sulfonamides is 1. The Morgan fingerprint density at radius 1 is 1.12 bits per heavy atom. The Morgan fingerprint density at radius 3 is 2.62 bits per heavy atom. The lowest BCUT2D eigenvalue weighted by atomic mass is 10.1. The van der Waals surface area contributed by atoms with Gasteiger partial charge in [-0.2, -0.15) is 0 Å². The summed E-state index contributed by atoms with van der Waals surface area (Å²) >= 11 is 0. The molecule has 9 heteroatoms. The van der Waals surface area contributed by atoms with Gasteiger partial charge < -0.3 is 9.30 Å². The van der Waals surface area contributed by atoms with Crippen LogP contribution in [0.25, 0.3) is 5.65 Å². The third-order valence-electron chi connectivity index (χ3n) is 6.11. The van der Waals surface area contributed by atoms with Crippen LogP contribution in [0.4, 0.5) is 0 Å². The maximum atomic E-state index is 13.2. The summed E-state index contributed by atoms with van der Waals surface area (Å²) in [6.07, 6.45) is 5.77. The number of aryl methyl sites for hydroxylation is 1. The summed E-state index contributed by atoms with van der Waals surface area (Å²) in [5.41, 5.74) is 3.18. The van der Waals surface area contributed by atoms with Crippen molar-refractivity contribution in [1.82, 2.24) is 23.9 Å². The highest BCUT2D eigenvalue weighted by Crippen LogP contribution is 2.24. The molecule has 1 aliphatic carbocycles. The summed E-state index contributed by atoms with van der Waals surface area (Å²) in [4.78, 5) is 22.1. The van der Waals surface area contributed by atoms with Crippen molar-refractivity contribution in [3.8, 4) is 0 Å². The van der Waals surface area contributed by atoms with Crippen molar-refractivity contribution >= 4 is 21.6 Å². The summed E-state index contributed by atoms with van der Waals surface area (Å²) in [5.74, 6) is -0.113. The van der Waals surface area contributed by atoms with E-state index < -0.39 is 10.0 Å². The Balaban J connectivity index is 1.24. The number of carbonyl (C=O) groups excluding carboxylic acids is 1. The lowest BCUT2D eigenvalue weighted by Crippen LogP contribution is -2.48. The molecule has 8 nitrogen and oxygen atoms in total. The minimum absolute atomic E-state index is 0.0291. The molecule has 32 heavy (non-hydrogen) atoms. The molecule has 3 heterocycles. The molecule has 1 saturated carbocycles. The standard InChI is InChI=1S/C23H27N5O3S/c1-17-5-8-20(32(30,31)25-18-6-7-18)14-21(17)23(29)27-12-10-26(11-13-27)15-19-16-28-9-3-2-4-22(28)24-19/h2-5,8-9,14,16,18,25H,6-7,10-13,15H2,1H3. The van der Waals surface area contributed by atoms with Crippen LogP contribution in [0.3, 0.4) is 0 Å². The largest absolute Gasteiger partial charge is 0.336 e. The predicted octanol–water partition coefficient (Wildman–Crippen LogP) is 2.04. The number of hydrogen-bond donors (Lipinski definition) is 1. The Kier molecular flexibility index (Phi) is 5.48. The van der Waals surface area contributed by atoms with Crippen LogP contribution in [0.15, 0.2) is 53.7 Å². The van der Waals surface area contributed by atoms with Crippen molar-refractivity contribution in [2.75, 3.05) is 26.2 Å². The van der Waals surface area contributed by atoms with Crippen LogP contribution >= 0.6 is 0 Å². The minimum atomic E-state index is -3.59. The molecule has 3 aromatic rings. The number of rotatable bonds is 6. The van der Waals surface area contributed by atoms with Crippen LogP contribution in [-0.2, 0) is 16.6 Å². The molecule has 0 bridgehead atoms. The molecule has 2 aliphatic rings. The topological polar surface area (TPSA) is 87.0 Å². The zero-order valence-electron chi connectivity index (χ0n) is 18.1. The Morgan fingerprint density at radius 2 is 1.91 bits per heavy atom. The second kappa shape index (κ2) is 8.31. The van der Waals surface area contributed by atoms with E-state index in [0.29, 0.717) is 18.7 Å². The molecule has 2 fully saturated rings. The van der Waals surface area contributed by atoms with Gasteiger partial charge in [-0.3, -0.25) is 9.69 Å². The summed E-state index contributed by atoms with van der Waals surface area (Å²) < 4.78 is 29.8. The third-order valence-corrected chi connectivity index (χ3v) is 7.63. The van der Waals surface area contributed by atoms with Gasteiger partial charge in [0.1, 0.15) is 5.65 Å². The van der Waals surface area contributed by atoms with Gasteiger partial charge in [0.05, 0.1) is 10.6 Å². The Hall–Kier alpha value is -2.75. The van der Waals surface area contributed by atoms with Gasteiger partial charge in [-0.1, -0.05) is 12.1 Å². The number of carbonyl (C=O) groups is 1. The van der Waals surface area contributed by atoms with Crippen LogP contribution < -0.4 is 4.72 Å². The molecule has 168 valence electrons. The summed E-state index contributed by atoms with van der Waals surface area (Å²) in [6, 6.07) is 10.8. The maximum Gasteiger partial charge on any atom is 0.254 e. The number of benzene rings is 1. The lowest BCUT2D eigenvalue weighted by molar-refractivity contribution is 0.0626. The number of aromatic nitrogens is 2. The van der Waals surface area contributed by atoms with Crippen LogP contribution in [0, 0.1) is 6.92 Å². The normalized spacial score (nSPS) is 17.7. The smallest absolute Gasteiger partial charge is 0.254 e. The van der Waals surface area contributed by atoms with Crippen LogP contribution in [-0.4, -0.2) is 65.7 Å². The molecule has 1 amide bonds. The van der Waals surface area contributed by atoms with E-state index in [0.717, 1.165) is 49.4 Å². The van der Waals surface area contributed by atoms with Crippen LogP contribution in [0.1, 0.15) is 34.5 Å². The molecule has 0 spiro atoms. The van der Waals surface area contributed by atoms with Gasteiger partial charge in [0, 0.05) is 56.7 Å². The second-order valence-electron chi connectivity index (χ2n) is 8.64. The molecular formula is C23H27N5O3S. The molecule has 5 rings (SSSR count). The average Bonchev–Trinajstić information content (AvgIpc) is 3.49. The fraction of sp³-hybridized carbons (Fsp3) is 0.391. The van der Waals surface area contributed by atoms with E-state index in [-0.39, 0.29) is 16.8 Å². The molecule has 2 aromatic heterocycles. The summed E-state index contributed by atoms with van der Waals surface area (Å²) in [7, 11) is -3.59. The quantitative estimate of drug-likeness (QED) is 0.617. The Labute approximate surface area is 187 Å². The number of nitrogens with zero attached hydrogens (tertiary/aromatic N) is 4. The van der Waals surface area contributed by atoms with Crippen molar-refractivity contribution < 1.29 is 13.2 Å². The van der Waals surface area contributed by atoms with E-state index in [1.165, 1.54) is 6.07 Å². The Bertz CT molecular complexity index is 1220. The minimum Gasteiger partial charge on any atom is -0.336 e. The number of piperazine rings is 1. The summed E-state index contributed by atoms with van der Waals surface area (Å²) in [6.45, 7) is 5.28. The maximum absolute atomic E-state index is 13.2. The highest BCUT2D eigenvalue weighted by Gasteiger charge is 2.29. The molecule has 0 unspecified atom stereocenters. The van der Waals surface area contributed by atoms with E-state index in [1.807, 2.05) is 46.8 Å². The van der Waals surface area contributed by atoms with Crippen molar-refractivity contribution in [1.29, 1.82) is 0 Å². The van der Waals surface area contributed by atoms with Gasteiger partial charge >= 0.3 is 0 Å². The number of fused-ring (bicyclic) bond motifs is 1. The van der Waals surface area contributed by atoms with Gasteiger partial charge in [0.25, 0.3) is 5.91 Å². The first kappa shape index (κ1) is 21.1. The van der Waals surface area contributed by atoms with Gasteiger partial charge in [-0.25, -0.2) is 18.1 Å². The van der Waals surface area contributed by atoms with E-state index in [4.69, 9.17) is 0 Å². The number of hydrogen-bond acceptors (Lipinski definition) is 5. The number of pyridine rings is 1. The first-order chi connectivity index (χ1) is 15.4. The number of amides is 1. The molecule has 0 atom stereocenters. The molecule has 1 N–H and O–H groups in total. The van der Waals surface area contributed by atoms with E-state index >= 15 is 0 Å². The molecule has 1 aliphatic heterocycles. The van der Waals surface area contributed by atoms with Gasteiger partial charge in [0.2, 0.25) is 10.0 Å². The second-order valence-corrected chi connectivity index (χ2v) is 10.4. The van der Waals surface area contributed by atoms with E-state index in [2.05, 4.69) is 14.6 Å². The monoisotopic (exact) mass is 453 g/mol. The highest BCUT2D eigenvalue weighted by atomic mass is 32.2. The lowest BCUT2D eigenvalue weighted by Gasteiger charge is -2.34. The molecule has 1 aromatic carbocycles. The van der Waals surface area contributed by atoms with Crippen molar-refractivity contribution in [3.63, 3.8) is 0 Å². The van der Waals surface area contributed by atoms with Crippen LogP contribution in [0.2, 0.25) is 0 Å². The first-order valence-corrected chi connectivity index (χ1v) is 12.4. The van der Waals surface area contributed by atoms with Crippen molar-refractivity contribution in [3.05, 3.63) is 65.6 Å². The van der Waals surface area contributed by atoms with E-state index in [1.54, 1.807) is 12.1 Å². The SMILES string of the molecule is Cc1ccc(S(=O)(=O)NC2CC2)cc1C(=O)N1CCN(Cc2cn3ccccc3n2)CC1. The van der Waals surface area contributed by atoms with Gasteiger partial charge in [0.15, 0.2) is 0 Å². The van der Waals surface area contributed by atoms with Crippen molar-refractivity contribution in [2.24, 2.45) is 0 Å². The molecule has 0 radical (unpaired) electrons. The summed E-state index contributed by atoms with van der Waals surface area (Å²) in [5, 5.41) is 0. The zero-order chi connectivity index (χ0) is 22.3. The third kappa shape index (κ3) is 4.41. The first-order valence-electron chi connectivity index (χ1n) is 11.0. The van der Waals surface area contributed by atoms with Gasteiger partial charge in [-0.15, -0.1) is 0 Å².